The minimum absolute atomic E-state index is 0.0761. The monoisotopic (exact) mass is 468 g/mol. The highest BCUT2D eigenvalue weighted by Crippen LogP contribution is 2.23. The molecular formula is C22H22F2N8O2. The second kappa shape index (κ2) is 8.61. The highest BCUT2D eigenvalue weighted by atomic mass is 19.1. The minimum Gasteiger partial charge on any atom is -0.461 e. The van der Waals surface area contributed by atoms with Crippen LogP contribution in [0.4, 0.5) is 26.2 Å². The number of anilines is 3. The number of amides is 1. The van der Waals surface area contributed by atoms with Gasteiger partial charge in [-0.2, -0.15) is 9.50 Å². The van der Waals surface area contributed by atoms with Gasteiger partial charge < -0.3 is 24.9 Å². The van der Waals surface area contributed by atoms with Crippen LogP contribution in [0.2, 0.25) is 0 Å². The molecule has 1 aliphatic rings. The lowest BCUT2D eigenvalue weighted by Crippen LogP contribution is -2.51. The number of hydrogen-bond acceptors (Lipinski definition) is 8. The van der Waals surface area contributed by atoms with E-state index in [0.717, 1.165) is 6.07 Å². The van der Waals surface area contributed by atoms with Crippen LogP contribution in [-0.2, 0) is 4.79 Å². The van der Waals surface area contributed by atoms with Crippen LogP contribution in [0.5, 0.6) is 0 Å². The Morgan fingerprint density at radius 2 is 1.94 bits per heavy atom. The lowest BCUT2D eigenvalue weighted by Gasteiger charge is -2.37. The van der Waals surface area contributed by atoms with E-state index in [-0.39, 0.29) is 18.4 Å². The van der Waals surface area contributed by atoms with Crippen molar-refractivity contribution in [3.63, 3.8) is 0 Å². The van der Waals surface area contributed by atoms with Crippen LogP contribution in [-0.4, -0.2) is 70.2 Å². The molecular weight excluding hydrogens is 446 g/mol. The second-order valence-corrected chi connectivity index (χ2v) is 7.97. The Morgan fingerprint density at radius 1 is 1.15 bits per heavy atom. The molecule has 0 bridgehead atoms. The van der Waals surface area contributed by atoms with Gasteiger partial charge in [0, 0.05) is 45.4 Å². The number of aromatic nitrogens is 4. The van der Waals surface area contributed by atoms with Crippen LogP contribution >= 0.6 is 0 Å². The van der Waals surface area contributed by atoms with Gasteiger partial charge in [-0.1, -0.05) is 0 Å². The third kappa shape index (κ3) is 4.09. The summed E-state index contributed by atoms with van der Waals surface area (Å²) >= 11 is 0. The molecule has 1 aromatic carbocycles. The van der Waals surface area contributed by atoms with Gasteiger partial charge in [-0.05, 0) is 24.3 Å². The average Bonchev–Trinajstić information content (AvgIpc) is 3.49. The number of rotatable bonds is 5. The molecule has 4 heterocycles. The van der Waals surface area contributed by atoms with E-state index >= 15 is 0 Å². The summed E-state index contributed by atoms with van der Waals surface area (Å²) < 4.78 is 34.0. The fourth-order valence-corrected chi connectivity index (χ4v) is 3.92. The maximum Gasteiger partial charge on any atom is 0.242 e. The third-order valence-corrected chi connectivity index (χ3v) is 5.72. The molecule has 176 valence electrons. The van der Waals surface area contributed by atoms with Crippen molar-refractivity contribution in [3.8, 4) is 11.6 Å². The topological polar surface area (TPSA) is 109 Å². The molecule has 1 fully saturated rings. The SMILES string of the molecule is CN(CC(=O)N1CCN(c2ccc(F)cc2F)CC1)c1cc2nc(-c3ccco3)nn2c(N)n1. The Bertz CT molecular complexity index is 1330. The van der Waals surface area contributed by atoms with E-state index < -0.39 is 11.6 Å². The summed E-state index contributed by atoms with van der Waals surface area (Å²) in [6, 6.07) is 8.69. The van der Waals surface area contributed by atoms with E-state index in [2.05, 4.69) is 15.1 Å². The van der Waals surface area contributed by atoms with Crippen LogP contribution in [0.1, 0.15) is 0 Å². The highest BCUT2D eigenvalue weighted by Gasteiger charge is 2.24. The van der Waals surface area contributed by atoms with Gasteiger partial charge in [0.05, 0.1) is 18.5 Å². The number of hydrogen-bond donors (Lipinski definition) is 1. The molecule has 0 atom stereocenters. The Hall–Kier alpha value is -4.22. The van der Waals surface area contributed by atoms with Crippen LogP contribution < -0.4 is 15.5 Å². The number of benzene rings is 1. The van der Waals surface area contributed by atoms with Crippen LogP contribution in [0.25, 0.3) is 17.2 Å². The summed E-state index contributed by atoms with van der Waals surface area (Å²) in [5, 5.41) is 4.31. The smallest absolute Gasteiger partial charge is 0.242 e. The first-order valence-corrected chi connectivity index (χ1v) is 10.6. The first-order valence-electron chi connectivity index (χ1n) is 10.6. The zero-order valence-electron chi connectivity index (χ0n) is 18.4. The number of piperazine rings is 1. The van der Waals surface area contributed by atoms with E-state index in [9.17, 15) is 13.6 Å². The van der Waals surface area contributed by atoms with Crippen molar-refractivity contribution < 1.29 is 18.0 Å². The minimum atomic E-state index is -0.617. The molecule has 0 radical (unpaired) electrons. The third-order valence-electron chi connectivity index (χ3n) is 5.72. The number of fused-ring (bicyclic) bond motifs is 1. The zero-order chi connectivity index (χ0) is 23.8. The predicted octanol–water partition coefficient (Wildman–Crippen LogP) is 2.03. The Balaban J connectivity index is 1.24. The van der Waals surface area contributed by atoms with Crippen molar-refractivity contribution in [2.45, 2.75) is 0 Å². The largest absolute Gasteiger partial charge is 0.461 e. The highest BCUT2D eigenvalue weighted by molar-refractivity contribution is 5.81. The molecule has 0 unspecified atom stereocenters. The van der Waals surface area contributed by atoms with Crippen LogP contribution in [0.15, 0.2) is 47.1 Å². The molecule has 0 aliphatic carbocycles. The Kier molecular flexibility index (Phi) is 5.48. The Morgan fingerprint density at radius 3 is 2.65 bits per heavy atom. The van der Waals surface area contributed by atoms with Crippen molar-refractivity contribution in [1.82, 2.24) is 24.5 Å². The first-order chi connectivity index (χ1) is 16.4. The molecule has 34 heavy (non-hydrogen) atoms. The molecule has 0 saturated carbocycles. The molecule has 4 aromatic rings. The van der Waals surface area contributed by atoms with Crippen LogP contribution in [0, 0.1) is 11.6 Å². The number of carbonyl (C=O) groups excluding carboxylic acids is 1. The summed E-state index contributed by atoms with van der Waals surface area (Å²) in [4.78, 5) is 26.9. The number of nitrogens with zero attached hydrogens (tertiary/aromatic N) is 7. The molecule has 3 aromatic heterocycles. The molecule has 12 heteroatoms. The zero-order valence-corrected chi connectivity index (χ0v) is 18.4. The number of furan rings is 1. The number of halogens is 2. The summed E-state index contributed by atoms with van der Waals surface area (Å²) in [6.45, 7) is 1.82. The van der Waals surface area contributed by atoms with Gasteiger partial charge in [-0.3, -0.25) is 4.79 Å². The molecule has 1 aliphatic heterocycles. The van der Waals surface area contributed by atoms with Crippen molar-refractivity contribution in [3.05, 3.63) is 54.3 Å². The molecule has 10 nitrogen and oxygen atoms in total. The molecule has 1 saturated heterocycles. The van der Waals surface area contributed by atoms with Gasteiger partial charge in [0.15, 0.2) is 11.4 Å². The van der Waals surface area contributed by atoms with E-state index in [1.54, 1.807) is 39.9 Å². The number of nitrogen functional groups attached to an aromatic ring is 1. The summed E-state index contributed by atoms with van der Waals surface area (Å²) in [5.41, 5.74) is 6.87. The van der Waals surface area contributed by atoms with Gasteiger partial charge in [0.1, 0.15) is 17.5 Å². The van der Waals surface area contributed by atoms with Gasteiger partial charge >= 0.3 is 0 Å². The lowest BCUT2D eigenvalue weighted by molar-refractivity contribution is -0.129. The van der Waals surface area contributed by atoms with Crippen molar-refractivity contribution in [2.75, 3.05) is 55.3 Å². The lowest BCUT2D eigenvalue weighted by atomic mass is 10.2. The van der Waals surface area contributed by atoms with E-state index in [1.165, 1.54) is 22.9 Å². The number of carbonyl (C=O) groups is 1. The summed E-state index contributed by atoms with van der Waals surface area (Å²) in [7, 11) is 1.74. The maximum atomic E-state index is 14.1. The Labute approximate surface area is 193 Å². The van der Waals surface area contributed by atoms with Gasteiger partial charge in [-0.15, -0.1) is 5.10 Å². The summed E-state index contributed by atoms with van der Waals surface area (Å²) in [5.74, 6) is 0.171. The quantitative estimate of drug-likeness (QED) is 0.474. The number of nitrogens with two attached hydrogens (primary N) is 1. The van der Waals surface area contributed by atoms with Gasteiger partial charge in [-0.25, -0.2) is 13.8 Å². The summed E-state index contributed by atoms with van der Waals surface area (Å²) in [6.07, 6.45) is 1.53. The molecule has 0 spiro atoms. The first kappa shape index (κ1) is 21.6. The van der Waals surface area contributed by atoms with E-state index in [1.807, 2.05) is 0 Å². The van der Waals surface area contributed by atoms with Gasteiger partial charge in [0.2, 0.25) is 17.7 Å². The fraction of sp³-hybridized carbons (Fsp3) is 0.273. The molecule has 1 amide bonds. The van der Waals surface area contributed by atoms with Crippen molar-refractivity contribution >= 4 is 29.0 Å². The molecule has 5 rings (SSSR count). The fourth-order valence-electron chi connectivity index (χ4n) is 3.92. The average molecular weight is 468 g/mol. The molecule has 2 N–H and O–H groups in total. The maximum absolute atomic E-state index is 14.1. The standard InChI is InChI=1S/C22H22F2N8O2/c1-29(18-12-19-26-21(17-3-2-10-34-17)28-32(19)22(25)27-18)13-20(33)31-8-6-30(7-9-31)16-5-4-14(23)11-15(16)24/h2-5,10-12H,6-9,13H2,1H3,(H2,25,27). The van der Waals surface area contributed by atoms with Crippen LogP contribution in [0.3, 0.4) is 0 Å². The van der Waals surface area contributed by atoms with E-state index in [4.69, 9.17) is 10.2 Å². The second-order valence-electron chi connectivity index (χ2n) is 7.97. The van der Waals surface area contributed by atoms with Crippen molar-refractivity contribution in [2.24, 2.45) is 0 Å². The van der Waals surface area contributed by atoms with E-state index in [0.29, 0.717) is 54.9 Å². The predicted molar refractivity (Wildman–Crippen MR) is 121 cm³/mol. The number of likely N-dealkylation sites (N-methyl/N-ethyl adjacent to an activating group) is 1. The van der Waals surface area contributed by atoms with Gasteiger partial charge in [0.25, 0.3) is 0 Å². The van der Waals surface area contributed by atoms with Crippen molar-refractivity contribution in [1.29, 1.82) is 0 Å². The normalized spacial score (nSPS) is 14.1.